The molecule has 0 aromatic heterocycles. The average Bonchev–Trinajstić information content (AvgIpc) is 0. The van der Waals surface area contributed by atoms with Crippen LogP contribution in [0.1, 0.15) is 2.85 Å². The Balaban J connectivity index is 0. The van der Waals surface area contributed by atoms with E-state index in [2.05, 4.69) is 0 Å². The quantitative estimate of drug-likeness (QED) is 0.493. The minimum Gasteiger partial charge on any atom is -1.00 e. The zero-order valence-corrected chi connectivity index (χ0v) is 7.53. The van der Waals surface area contributed by atoms with E-state index in [1.807, 2.05) is 0 Å². The van der Waals surface area contributed by atoms with Crippen molar-refractivity contribution in [3.8, 4) is 0 Å². The van der Waals surface area contributed by atoms with Crippen molar-refractivity contribution in [3.05, 3.63) is 0 Å². The molecule has 0 aliphatic carbocycles. The van der Waals surface area contributed by atoms with E-state index in [-0.39, 0.29) is 76.9 Å². The molecule has 0 spiro atoms. The summed E-state index contributed by atoms with van der Waals surface area (Å²) in [4.78, 5) is 0. The number of hydrogen-bond donors (Lipinski definition) is 0. The molecule has 0 fully saturated rings. The average molecular weight is 190 g/mol. The van der Waals surface area contributed by atoms with Crippen LogP contribution in [-0.2, 0) is 26.2 Å². The Labute approximate surface area is 76.2 Å². The van der Waals surface area contributed by atoms with E-state index in [1.165, 1.54) is 0 Å². The molecule has 0 heterocycles. The van der Waals surface area contributed by atoms with Gasteiger partial charge in [-0.2, -0.15) is 0 Å². The van der Waals surface area contributed by atoms with Crippen molar-refractivity contribution in [2.45, 2.75) is 0 Å². The van der Waals surface area contributed by atoms with Gasteiger partial charge in [-0.15, -0.1) is 24.8 Å². The Morgan fingerprint density at radius 2 is 1.00 bits per heavy atom. The Morgan fingerprint density at radius 1 is 1.00 bits per heavy atom. The minimum absolute atomic E-state index is 0. The Hall–Kier alpha value is 2.23. The topological polar surface area (TPSA) is 0 Å². The molecule has 0 aliphatic heterocycles. The van der Waals surface area contributed by atoms with Crippen LogP contribution in [0.15, 0.2) is 0 Å². The molecule has 0 unspecified atom stereocenters. The smallest absolute Gasteiger partial charge is 1.00 e. The van der Waals surface area contributed by atoms with E-state index in [4.69, 9.17) is 0 Å². The molecule has 0 saturated carbocycles. The second-order valence-electron chi connectivity index (χ2n) is 0. The molecule has 0 amide bonds. The monoisotopic (exact) mass is 188 g/mol. The van der Waals surface area contributed by atoms with Gasteiger partial charge in [-0.25, -0.2) is 0 Å². The molecule has 0 atom stereocenters. The van der Waals surface area contributed by atoms with Gasteiger partial charge in [0.2, 0.25) is 0 Å². The van der Waals surface area contributed by atoms with Crippen molar-refractivity contribution in [2.24, 2.45) is 0 Å². The van der Waals surface area contributed by atoms with E-state index in [0.29, 0.717) is 0 Å². The number of hydrogen-bond acceptors (Lipinski definition) is 0. The van der Waals surface area contributed by atoms with Gasteiger partial charge in [-0.1, -0.05) is 0 Å². The molecule has 0 saturated heterocycles. The summed E-state index contributed by atoms with van der Waals surface area (Å²) < 4.78 is 0. The Kier molecular flexibility index (Phi) is 161. The van der Waals surface area contributed by atoms with Crippen LogP contribution in [0.4, 0.5) is 0 Å². The first-order valence-corrected chi connectivity index (χ1v) is 0. The summed E-state index contributed by atoms with van der Waals surface area (Å²) in [6, 6.07) is 0. The number of halogens is 2. The van der Waals surface area contributed by atoms with Gasteiger partial charge in [0.15, 0.2) is 0 Å². The zero-order valence-electron chi connectivity index (χ0n) is 4.02. The van der Waals surface area contributed by atoms with Gasteiger partial charge in [0, 0.05) is 26.2 Å². The largest absolute Gasteiger partial charge is 2.00 e. The zero-order chi connectivity index (χ0) is 0. The van der Waals surface area contributed by atoms with Crippen molar-refractivity contribution in [3.63, 3.8) is 0 Å². The summed E-state index contributed by atoms with van der Waals surface area (Å²) in [5.74, 6) is 0. The van der Waals surface area contributed by atoms with Crippen molar-refractivity contribution in [2.75, 3.05) is 0 Å². The summed E-state index contributed by atoms with van der Waals surface area (Å²) in [6.45, 7) is 0. The van der Waals surface area contributed by atoms with Crippen molar-refractivity contribution in [1.29, 1.82) is 0 Å². The fourth-order valence-corrected chi connectivity index (χ4v) is 0. The molecule has 24 valence electrons. The van der Waals surface area contributed by atoms with E-state index in [0.717, 1.165) is 0 Å². The van der Waals surface area contributed by atoms with E-state index < -0.39 is 0 Å². The normalized spacial score (nSPS) is 0. The van der Waals surface area contributed by atoms with Gasteiger partial charge < -0.3 is 2.85 Å². The maximum absolute atomic E-state index is 0. The fourth-order valence-electron chi connectivity index (χ4n) is 0. The van der Waals surface area contributed by atoms with Gasteiger partial charge in [0.25, 0.3) is 0 Å². The Morgan fingerprint density at radius 3 is 1.00 bits per heavy atom. The molecule has 0 aromatic carbocycles. The van der Waals surface area contributed by atoms with Gasteiger partial charge >= 0.3 is 23.1 Å². The molecule has 0 nitrogen and oxygen atoms in total. The van der Waals surface area contributed by atoms with Crippen LogP contribution < -0.4 is 0 Å². The maximum Gasteiger partial charge on any atom is 2.00 e. The number of rotatable bonds is 0. The van der Waals surface area contributed by atoms with E-state index >= 15 is 0 Å². The molecule has 4 heavy (non-hydrogen) atoms. The SMILES string of the molecule is Cl.Cl.[H-].[H-].[Mg+2].[Zr]. The van der Waals surface area contributed by atoms with Crippen molar-refractivity contribution >= 4 is 47.9 Å². The maximum atomic E-state index is 0. The molecule has 4 heteroatoms. The second kappa shape index (κ2) is 18.8. The first-order chi connectivity index (χ1) is 0. The van der Waals surface area contributed by atoms with Crippen LogP contribution in [0.25, 0.3) is 0 Å². The predicted molar refractivity (Wildman–Crippen MR) is 22.5 cm³/mol. The Bertz CT molecular complexity index is 11.5. The standard InChI is InChI=1S/2ClH.Mg.Zr.2H/h2*1H;;;;/q;;+2;;2*-1. The summed E-state index contributed by atoms with van der Waals surface area (Å²) in [6.07, 6.45) is 0. The van der Waals surface area contributed by atoms with Gasteiger partial charge in [-0.05, 0) is 0 Å². The summed E-state index contributed by atoms with van der Waals surface area (Å²) in [7, 11) is 0. The molecule has 0 radical (unpaired) electrons. The van der Waals surface area contributed by atoms with Crippen LogP contribution in [0.3, 0.4) is 0 Å². The van der Waals surface area contributed by atoms with Gasteiger partial charge in [-0.3, -0.25) is 0 Å². The summed E-state index contributed by atoms with van der Waals surface area (Å²) >= 11 is 0. The van der Waals surface area contributed by atoms with Crippen LogP contribution >= 0.6 is 24.8 Å². The first kappa shape index (κ1) is 34.3. The van der Waals surface area contributed by atoms with Crippen LogP contribution in [0.5, 0.6) is 0 Å². The second-order valence-corrected chi connectivity index (χ2v) is 0. The molecule has 0 aromatic rings. The first-order valence-electron chi connectivity index (χ1n) is 0. The third-order valence-electron chi connectivity index (χ3n) is 0. The van der Waals surface area contributed by atoms with Gasteiger partial charge in [0.1, 0.15) is 0 Å². The molecule has 0 N–H and O–H groups in total. The molecule has 0 bridgehead atoms. The molecular weight excluding hydrogens is 186 g/mol. The fraction of sp³-hybridized carbons (Fsp3) is 0. The summed E-state index contributed by atoms with van der Waals surface area (Å²) in [5.41, 5.74) is 0. The summed E-state index contributed by atoms with van der Waals surface area (Å²) in [5, 5.41) is 0. The molecular formula is H4Cl2MgZr. The molecule has 0 rings (SSSR count). The van der Waals surface area contributed by atoms with Crippen molar-refractivity contribution < 1.29 is 29.1 Å². The molecule has 0 aliphatic rings. The van der Waals surface area contributed by atoms with Gasteiger partial charge in [0.05, 0.1) is 0 Å². The predicted octanol–water partition coefficient (Wildman–Crippen LogP) is 0.685. The van der Waals surface area contributed by atoms with Crippen LogP contribution in [-0.4, -0.2) is 23.1 Å². The van der Waals surface area contributed by atoms with E-state index in [1.54, 1.807) is 0 Å². The van der Waals surface area contributed by atoms with Crippen LogP contribution in [0, 0.1) is 0 Å². The van der Waals surface area contributed by atoms with E-state index in [9.17, 15) is 0 Å². The minimum atomic E-state index is 0. The van der Waals surface area contributed by atoms with Crippen LogP contribution in [0.2, 0.25) is 0 Å². The third kappa shape index (κ3) is 8.87. The van der Waals surface area contributed by atoms with Crippen molar-refractivity contribution in [1.82, 2.24) is 0 Å². The third-order valence-corrected chi connectivity index (χ3v) is 0.